The van der Waals surface area contributed by atoms with E-state index in [1.807, 2.05) is 24.3 Å². The van der Waals surface area contributed by atoms with Crippen molar-refractivity contribution in [2.75, 3.05) is 42.7 Å². The Bertz CT molecular complexity index is 700. The van der Waals surface area contributed by atoms with Crippen LogP contribution in [-0.4, -0.2) is 42.7 Å². The third-order valence-electron chi connectivity index (χ3n) is 5.38. The molecule has 0 heterocycles. The van der Waals surface area contributed by atoms with Crippen molar-refractivity contribution < 1.29 is 28.4 Å². The molecule has 2 aromatic carbocycles. The van der Waals surface area contributed by atoms with Gasteiger partial charge in [-0.3, -0.25) is 0 Å². The molecule has 2 aromatic rings. The highest BCUT2D eigenvalue weighted by Crippen LogP contribution is 2.39. The van der Waals surface area contributed by atoms with E-state index in [-0.39, 0.29) is 0 Å². The first-order valence-corrected chi connectivity index (χ1v) is 10.7. The zero-order valence-electron chi connectivity index (χ0n) is 19.7. The van der Waals surface area contributed by atoms with Crippen LogP contribution in [0.1, 0.15) is 43.2 Å². The standard InChI is InChI=1S/C25H36O6/c1-26-20-14-18(15-21(27-2)24(20)30-5)12-10-8-7-9-11-13-19-16-22(28-3)25(31-6)23(17-19)29-4/h14-17H,7-13H2,1-6H3. The maximum Gasteiger partial charge on any atom is 0.203 e. The molecule has 6 nitrogen and oxygen atoms in total. The zero-order valence-corrected chi connectivity index (χ0v) is 19.7. The van der Waals surface area contributed by atoms with Crippen LogP contribution in [0.15, 0.2) is 24.3 Å². The van der Waals surface area contributed by atoms with Gasteiger partial charge < -0.3 is 28.4 Å². The van der Waals surface area contributed by atoms with Crippen molar-refractivity contribution in [2.45, 2.75) is 44.9 Å². The second-order valence-electron chi connectivity index (χ2n) is 7.33. The molecule has 0 amide bonds. The Balaban J connectivity index is 1.78. The van der Waals surface area contributed by atoms with Gasteiger partial charge in [0.2, 0.25) is 11.5 Å². The number of unbranched alkanes of at least 4 members (excludes halogenated alkanes) is 4. The number of rotatable bonds is 14. The molecule has 0 atom stereocenters. The molecular weight excluding hydrogens is 396 g/mol. The highest BCUT2D eigenvalue weighted by Gasteiger charge is 2.14. The third-order valence-corrected chi connectivity index (χ3v) is 5.38. The molecule has 0 saturated carbocycles. The average molecular weight is 433 g/mol. The monoisotopic (exact) mass is 432 g/mol. The quantitative estimate of drug-likeness (QED) is 0.369. The van der Waals surface area contributed by atoms with E-state index in [1.165, 1.54) is 30.4 Å². The van der Waals surface area contributed by atoms with E-state index >= 15 is 0 Å². The van der Waals surface area contributed by atoms with Crippen LogP contribution < -0.4 is 28.4 Å². The van der Waals surface area contributed by atoms with Crippen molar-refractivity contribution in [1.29, 1.82) is 0 Å². The van der Waals surface area contributed by atoms with E-state index < -0.39 is 0 Å². The Morgan fingerprint density at radius 1 is 0.419 bits per heavy atom. The summed E-state index contributed by atoms with van der Waals surface area (Å²) in [5.41, 5.74) is 2.40. The summed E-state index contributed by atoms with van der Waals surface area (Å²) in [6.45, 7) is 0. The molecule has 6 heteroatoms. The van der Waals surface area contributed by atoms with Gasteiger partial charge in [-0.05, 0) is 61.1 Å². The maximum absolute atomic E-state index is 5.44. The van der Waals surface area contributed by atoms with Gasteiger partial charge in [-0.15, -0.1) is 0 Å². The van der Waals surface area contributed by atoms with Crippen molar-refractivity contribution in [3.63, 3.8) is 0 Å². The first kappa shape index (κ1) is 24.5. The van der Waals surface area contributed by atoms with Crippen LogP contribution in [0.5, 0.6) is 34.5 Å². The van der Waals surface area contributed by atoms with Crippen molar-refractivity contribution in [3.05, 3.63) is 35.4 Å². The van der Waals surface area contributed by atoms with Crippen LogP contribution in [0.3, 0.4) is 0 Å². The summed E-state index contributed by atoms with van der Waals surface area (Å²) in [6.07, 6.45) is 7.81. The fourth-order valence-electron chi connectivity index (χ4n) is 3.75. The Labute approximate surface area is 186 Å². The van der Waals surface area contributed by atoms with Crippen LogP contribution >= 0.6 is 0 Å². The lowest BCUT2D eigenvalue weighted by atomic mass is 10.0. The summed E-state index contributed by atoms with van der Waals surface area (Å²) < 4.78 is 32.5. The van der Waals surface area contributed by atoms with Gasteiger partial charge in [0, 0.05) is 0 Å². The minimum absolute atomic E-state index is 0.639. The van der Waals surface area contributed by atoms with Gasteiger partial charge in [-0.25, -0.2) is 0 Å². The SMILES string of the molecule is COc1cc(CCCCCCCc2cc(OC)c(OC)c(OC)c2)cc(OC)c1OC. The van der Waals surface area contributed by atoms with E-state index in [4.69, 9.17) is 28.4 Å². The molecule has 0 saturated heterocycles. The van der Waals surface area contributed by atoms with Gasteiger partial charge in [0.05, 0.1) is 42.7 Å². The molecule has 172 valence electrons. The van der Waals surface area contributed by atoms with Crippen LogP contribution in [0.4, 0.5) is 0 Å². The normalized spacial score (nSPS) is 10.5. The van der Waals surface area contributed by atoms with Gasteiger partial charge in [0.1, 0.15) is 0 Å². The van der Waals surface area contributed by atoms with Gasteiger partial charge in [0.15, 0.2) is 23.0 Å². The zero-order chi connectivity index (χ0) is 22.6. The Morgan fingerprint density at radius 2 is 0.710 bits per heavy atom. The largest absolute Gasteiger partial charge is 0.493 e. The van der Waals surface area contributed by atoms with E-state index in [9.17, 15) is 0 Å². The molecule has 0 bridgehead atoms. The summed E-state index contributed by atoms with van der Waals surface area (Å²) in [6, 6.07) is 8.13. The van der Waals surface area contributed by atoms with Gasteiger partial charge >= 0.3 is 0 Å². The molecule has 0 fully saturated rings. The lowest BCUT2D eigenvalue weighted by Gasteiger charge is -2.14. The lowest BCUT2D eigenvalue weighted by Crippen LogP contribution is -1.98. The molecule has 0 unspecified atom stereocenters. The predicted octanol–water partition coefficient (Wildman–Crippen LogP) is 5.47. The molecule has 0 aromatic heterocycles. The molecule has 0 aliphatic heterocycles. The first-order valence-electron chi connectivity index (χ1n) is 10.7. The minimum Gasteiger partial charge on any atom is -0.493 e. The number of hydrogen-bond donors (Lipinski definition) is 0. The highest BCUT2D eigenvalue weighted by molar-refractivity contribution is 5.54. The molecule has 31 heavy (non-hydrogen) atoms. The Morgan fingerprint density at radius 3 is 0.968 bits per heavy atom. The average Bonchev–Trinajstić information content (AvgIpc) is 2.81. The van der Waals surface area contributed by atoms with E-state index in [1.54, 1.807) is 42.7 Å². The topological polar surface area (TPSA) is 55.4 Å². The van der Waals surface area contributed by atoms with Crippen LogP contribution in [0, 0.1) is 0 Å². The number of benzene rings is 2. The lowest BCUT2D eigenvalue weighted by molar-refractivity contribution is 0.323. The number of methoxy groups -OCH3 is 6. The Hall–Kier alpha value is -2.76. The third kappa shape index (κ3) is 6.61. The van der Waals surface area contributed by atoms with Crippen molar-refractivity contribution in [1.82, 2.24) is 0 Å². The predicted molar refractivity (Wildman–Crippen MR) is 123 cm³/mol. The van der Waals surface area contributed by atoms with E-state index in [0.717, 1.165) is 25.7 Å². The van der Waals surface area contributed by atoms with Crippen LogP contribution in [-0.2, 0) is 12.8 Å². The maximum atomic E-state index is 5.44. The first-order chi connectivity index (χ1) is 15.1. The van der Waals surface area contributed by atoms with Crippen molar-refractivity contribution >= 4 is 0 Å². The van der Waals surface area contributed by atoms with Gasteiger partial charge in [-0.2, -0.15) is 0 Å². The van der Waals surface area contributed by atoms with Crippen molar-refractivity contribution in [3.8, 4) is 34.5 Å². The summed E-state index contributed by atoms with van der Waals surface area (Å²) >= 11 is 0. The molecule has 0 aliphatic carbocycles. The van der Waals surface area contributed by atoms with Crippen molar-refractivity contribution in [2.24, 2.45) is 0 Å². The summed E-state index contributed by atoms with van der Waals surface area (Å²) in [5.74, 6) is 4.12. The fourth-order valence-corrected chi connectivity index (χ4v) is 3.75. The molecule has 0 radical (unpaired) electrons. The minimum atomic E-state index is 0.639. The molecule has 2 rings (SSSR count). The van der Waals surface area contributed by atoms with Gasteiger partial charge in [0.25, 0.3) is 0 Å². The smallest absolute Gasteiger partial charge is 0.203 e. The number of ether oxygens (including phenoxy) is 6. The highest BCUT2D eigenvalue weighted by atomic mass is 16.5. The van der Waals surface area contributed by atoms with E-state index in [2.05, 4.69) is 0 Å². The second kappa shape index (κ2) is 12.8. The molecular formula is C25H36O6. The summed E-state index contributed by atoms with van der Waals surface area (Å²) in [7, 11) is 9.84. The fraction of sp³-hybridized carbons (Fsp3) is 0.520. The number of aryl methyl sites for hydroxylation is 2. The van der Waals surface area contributed by atoms with Crippen LogP contribution in [0.25, 0.3) is 0 Å². The molecule has 0 aliphatic rings. The Kier molecular flexibility index (Phi) is 10.1. The summed E-state index contributed by atoms with van der Waals surface area (Å²) in [5, 5.41) is 0. The number of hydrogen-bond acceptors (Lipinski definition) is 6. The second-order valence-corrected chi connectivity index (χ2v) is 7.33. The van der Waals surface area contributed by atoms with Gasteiger partial charge in [-0.1, -0.05) is 19.3 Å². The van der Waals surface area contributed by atoms with E-state index in [0.29, 0.717) is 34.5 Å². The summed E-state index contributed by atoms with van der Waals surface area (Å²) in [4.78, 5) is 0. The molecule has 0 N–H and O–H groups in total. The molecule has 0 spiro atoms. The van der Waals surface area contributed by atoms with Crippen LogP contribution in [0.2, 0.25) is 0 Å².